The Labute approximate surface area is 116 Å². The van der Waals surface area contributed by atoms with Gasteiger partial charge < -0.3 is 15.2 Å². The normalized spacial score (nSPS) is 19.9. The first-order valence-corrected chi connectivity index (χ1v) is 7.18. The Balaban J connectivity index is 2.12. The zero-order valence-electron chi connectivity index (χ0n) is 12.0. The first kappa shape index (κ1) is 14.4. The van der Waals surface area contributed by atoms with Gasteiger partial charge in [0.25, 0.3) is 0 Å². The largest absolute Gasteiger partial charge is 0.497 e. The van der Waals surface area contributed by atoms with Crippen LogP contribution in [0.25, 0.3) is 0 Å². The molecule has 2 rings (SSSR count). The van der Waals surface area contributed by atoms with Gasteiger partial charge in [-0.15, -0.1) is 0 Å². The summed E-state index contributed by atoms with van der Waals surface area (Å²) < 4.78 is 11.0. The van der Waals surface area contributed by atoms with Gasteiger partial charge in [0.1, 0.15) is 5.75 Å². The third-order valence-electron chi connectivity index (χ3n) is 4.22. The highest BCUT2D eigenvalue weighted by Crippen LogP contribution is 2.33. The van der Waals surface area contributed by atoms with E-state index in [2.05, 4.69) is 6.07 Å². The molecule has 106 valence electrons. The molecule has 2 atom stereocenters. The SMILES string of the molecule is COc1cccc(C(N)C(OC)C2CCCCC2)c1. The molecule has 19 heavy (non-hydrogen) atoms. The quantitative estimate of drug-likeness (QED) is 0.886. The Hall–Kier alpha value is -1.06. The summed E-state index contributed by atoms with van der Waals surface area (Å²) in [5, 5.41) is 0. The lowest BCUT2D eigenvalue weighted by Crippen LogP contribution is -2.35. The maximum absolute atomic E-state index is 6.42. The highest BCUT2D eigenvalue weighted by atomic mass is 16.5. The summed E-state index contributed by atoms with van der Waals surface area (Å²) in [6, 6.07) is 7.92. The molecule has 1 fully saturated rings. The topological polar surface area (TPSA) is 44.5 Å². The van der Waals surface area contributed by atoms with Crippen LogP contribution in [0.5, 0.6) is 5.75 Å². The minimum absolute atomic E-state index is 0.0804. The molecular formula is C16H25NO2. The van der Waals surface area contributed by atoms with Crippen molar-refractivity contribution in [1.82, 2.24) is 0 Å². The van der Waals surface area contributed by atoms with Crippen LogP contribution in [0, 0.1) is 5.92 Å². The first-order valence-electron chi connectivity index (χ1n) is 7.18. The molecule has 2 N–H and O–H groups in total. The Kier molecular flexibility index (Phi) is 5.23. The lowest BCUT2D eigenvalue weighted by Gasteiger charge is -2.33. The second-order valence-corrected chi connectivity index (χ2v) is 5.40. The van der Waals surface area contributed by atoms with Gasteiger partial charge in [0.2, 0.25) is 0 Å². The second kappa shape index (κ2) is 6.92. The van der Waals surface area contributed by atoms with Crippen LogP contribution < -0.4 is 10.5 Å². The van der Waals surface area contributed by atoms with Crippen LogP contribution in [-0.4, -0.2) is 20.3 Å². The summed E-state index contributed by atoms with van der Waals surface area (Å²) in [7, 11) is 3.46. The van der Waals surface area contributed by atoms with Gasteiger partial charge in [0.15, 0.2) is 0 Å². The monoisotopic (exact) mass is 263 g/mol. The molecule has 1 aromatic carbocycles. The molecule has 2 unspecified atom stereocenters. The fraction of sp³-hybridized carbons (Fsp3) is 0.625. The number of benzene rings is 1. The molecular weight excluding hydrogens is 238 g/mol. The average Bonchev–Trinajstić information content (AvgIpc) is 2.49. The molecule has 3 nitrogen and oxygen atoms in total. The van der Waals surface area contributed by atoms with Crippen molar-refractivity contribution >= 4 is 0 Å². The third-order valence-corrected chi connectivity index (χ3v) is 4.22. The van der Waals surface area contributed by atoms with Gasteiger partial charge in [-0.3, -0.25) is 0 Å². The molecule has 0 heterocycles. The van der Waals surface area contributed by atoms with Crippen molar-refractivity contribution in [1.29, 1.82) is 0 Å². The van der Waals surface area contributed by atoms with Crippen LogP contribution in [-0.2, 0) is 4.74 Å². The van der Waals surface area contributed by atoms with Crippen molar-refractivity contribution in [2.75, 3.05) is 14.2 Å². The number of nitrogens with two attached hydrogens (primary N) is 1. The Morgan fingerprint density at radius 2 is 1.89 bits per heavy atom. The maximum atomic E-state index is 6.42. The van der Waals surface area contributed by atoms with Crippen LogP contribution in [0.3, 0.4) is 0 Å². The first-order chi connectivity index (χ1) is 9.26. The molecule has 1 aliphatic rings. The predicted molar refractivity (Wildman–Crippen MR) is 77.3 cm³/mol. The van der Waals surface area contributed by atoms with E-state index >= 15 is 0 Å². The van der Waals surface area contributed by atoms with Crippen LogP contribution in [0.15, 0.2) is 24.3 Å². The average molecular weight is 263 g/mol. The highest BCUT2D eigenvalue weighted by molar-refractivity contribution is 5.31. The van der Waals surface area contributed by atoms with Gasteiger partial charge in [-0.1, -0.05) is 31.4 Å². The summed E-state index contributed by atoms with van der Waals surface area (Å²) in [4.78, 5) is 0. The predicted octanol–water partition coefficient (Wildman–Crippen LogP) is 3.29. The van der Waals surface area contributed by atoms with Crippen LogP contribution in [0.4, 0.5) is 0 Å². The maximum Gasteiger partial charge on any atom is 0.119 e. The van der Waals surface area contributed by atoms with Gasteiger partial charge in [-0.2, -0.15) is 0 Å². The Bertz CT molecular complexity index is 388. The van der Waals surface area contributed by atoms with E-state index in [1.165, 1.54) is 32.1 Å². The molecule has 0 amide bonds. The second-order valence-electron chi connectivity index (χ2n) is 5.40. The molecule has 1 saturated carbocycles. The summed E-state index contributed by atoms with van der Waals surface area (Å²) >= 11 is 0. The lowest BCUT2D eigenvalue weighted by atomic mass is 9.81. The zero-order chi connectivity index (χ0) is 13.7. The van der Waals surface area contributed by atoms with Crippen molar-refractivity contribution in [3.63, 3.8) is 0 Å². The zero-order valence-corrected chi connectivity index (χ0v) is 12.0. The fourth-order valence-electron chi connectivity index (χ4n) is 3.13. The minimum atomic E-state index is -0.0804. The molecule has 1 aliphatic carbocycles. The molecule has 3 heteroatoms. The summed E-state index contributed by atoms with van der Waals surface area (Å²) in [6.07, 6.45) is 6.52. The van der Waals surface area contributed by atoms with E-state index in [-0.39, 0.29) is 12.1 Å². The van der Waals surface area contributed by atoms with Crippen molar-refractivity contribution < 1.29 is 9.47 Å². The molecule has 0 aliphatic heterocycles. The molecule has 0 spiro atoms. The van der Waals surface area contributed by atoms with E-state index in [0.717, 1.165) is 11.3 Å². The highest BCUT2D eigenvalue weighted by Gasteiger charge is 2.29. The van der Waals surface area contributed by atoms with Gasteiger partial charge in [0, 0.05) is 7.11 Å². The Morgan fingerprint density at radius 1 is 1.16 bits per heavy atom. The standard InChI is InChI=1S/C16H25NO2/c1-18-14-10-6-9-13(11-14)15(17)16(19-2)12-7-4-3-5-8-12/h6,9-12,15-16H,3-5,7-8,17H2,1-2H3. The van der Waals surface area contributed by atoms with Gasteiger partial charge in [-0.05, 0) is 36.5 Å². The van der Waals surface area contributed by atoms with E-state index in [9.17, 15) is 0 Å². The smallest absolute Gasteiger partial charge is 0.119 e. The number of hydrogen-bond donors (Lipinski definition) is 1. The number of methoxy groups -OCH3 is 2. The van der Waals surface area contributed by atoms with Crippen LogP contribution in [0.1, 0.15) is 43.7 Å². The van der Waals surface area contributed by atoms with Crippen molar-refractivity contribution in [3.05, 3.63) is 29.8 Å². The number of rotatable bonds is 5. The van der Waals surface area contributed by atoms with Crippen LogP contribution in [0.2, 0.25) is 0 Å². The van der Waals surface area contributed by atoms with Gasteiger partial charge >= 0.3 is 0 Å². The van der Waals surface area contributed by atoms with E-state index in [4.69, 9.17) is 15.2 Å². The van der Waals surface area contributed by atoms with Gasteiger partial charge in [0.05, 0.1) is 19.3 Å². The summed E-state index contributed by atoms with van der Waals surface area (Å²) in [5.41, 5.74) is 7.52. The van der Waals surface area contributed by atoms with Crippen LogP contribution >= 0.6 is 0 Å². The molecule has 1 aromatic rings. The molecule has 0 radical (unpaired) electrons. The summed E-state index contributed by atoms with van der Waals surface area (Å²) in [5.74, 6) is 1.44. The van der Waals surface area contributed by atoms with Crippen molar-refractivity contribution in [2.45, 2.75) is 44.2 Å². The van der Waals surface area contributed by atoms with E-state index in [1.807, 2.05) is 18.2 Å². The molecule has 0 bridgehead atoms. The number of ether oxygens (including phenoxy) is 2. The molecule has 0 saturated heterocycles. The lowest BCUT2D eigenvalue weighted by molar-refractivity contribution is 0.0172. The van der Waals surface area contributed by atoms with Gasteiger partial charge in [-0.25, -0.2) is 0 Å². The summed E-state index contributed by atoms with van der Waals surface area (Å²) in [6.45, 7) is 0. The number of hydrogen-bond acceptors (Lipinski definition) is 3. The van der Waals surface area contributed by atoms with Crippen molar-refractivity contribution in [2.24, 2.45) is 11.7 Å². The fourth-order valence-corrected chi connectivity index (χ4v) is 3.13. The van der Waals surface area contributed by atoms with E-state index in [1.54, 1.807) is 14.2 Å². The molecule has 0 aromatic heterocycles. The van der Waals surface area contributed by atoms with E-state index < -0.39 is 0 Å². The third kappa shape index (κ3) is 3.48. The Morgan fingerprint density at radius 3 is 2.53 bits per heavy atom. The van der Waals surface area contributed by atoms with Crippen molar-refractivity contribution in [3.8, 4) is 5.75 Å². The minimum Gasteiger partial charge on any atom is -0.497 e. The van der Waals surface area contributed by atoms with E-state index in [0.29, 0.717) is 5.92 Å².